The number of aliphatic hydroxyl groups excluding tert-OH is 1. The van der Waals surface area contributed by atoms with Gasteiger partial charge in [0.2, 0.25) is 0 Å². The Morgan fingerprint density at radius 1 is 1.00 bits per heavy atom. The first-order valence-electron chi connectivity index (χ1n) is 9.88. The fraction of sp³-hybridized carbons (Fsp3) is 0.167. The maximum Gasteiger partial charge on any atom is 0.261 e. The highest BCUT2D eigenvalue weighted by Gasteiger charge is 2.16. The van der Waals surface area contributed by atoms with E-state index in [0.717, 1.165) is 22.0 Å². The van der Waals surface area contributed by atoms with E-state index in [2.05, 4.69) is 5.10 Å². The van der Waals surface area contributed by atoms with Crippen LogP contribution in [0.1, 0.15) is 5.69 Å². The summed E-state index contributed by atoms with van der Waals surface area (Å²) in [6.45, 7) is 2.08. The quantitative estimate of drug-likeness (QED) is 0.491. The number of hydrogen-bond acceptors (Lipinski definition) is 4. The summed E-state index contributed by atoms with van der Waals surface area (Å²) < 4.78 is 9.12. The average Bonchev–Trinajstić information content (AvgIpc) is 3.16. The van der Waals surface area contributed by atoms with E-state index in [-0.39, 0.29) is 18.7 Å². The van der Waals surface area contributed by atoms with Gasteiger partial charge in [-0.1, -0.05) is 42.5 Å². The van der Waals surface area contributed by atoms with Crippen molar-refractivity contribution in [2.75, 3.05) is 6.61 Å². The predicted octanol–water partition coefficient (Wildman–Crippen LogP) is 3.55. The van der Waals surface area contributed by atoms with Gasteiger partial charge in [-0.25, -0.2) is 4.52 Å². The minimum absolute atomic E-state index is 0.0802. The number of nitrogens with zero attached hydrogens (tertiary/aromatic N) is 3. The third kappa shape index (κ3) is 3.21. The second-order valence-electron chi connectivity index (χ2n) is 7.46. The summed E-state index contributed by atoms with van der Waals surface area (Å²) in [4.78, 5) is 13.1. The molecular weight excluding hydrogens is 378 g/mol. The van der Waals surface area contributed by atoms with Crippen LogP contribution in [0.4, 0.5) is 0 Å². The summed E-state index contributed by atoms with van der Waals surface area (Å²) in [5, 5.41) is 17.9. The number of hydrogen-bond donors (Lipinski definition) is 1. The van der Waals surface area contributed by atoms with Gasteiger partial charge in [0.25, 0.3) is 5.56 Å². The van der Waals surface area contributed by atoms with Gasteiger partial charge in [0.1, 0.15) is 24.1 Å². The minimum atomic E-state index is -0.852. The minimum Gasteiger partial charge on any atom is -0.491 e. The fourth-order valence-corrected chi connectivity index (χ4v) is 3.83. The molecule has 0 aliphatic heterocycles. The van der Waals surface area contributed by atoms with Crippen LogP contribution in [0.5, 0.6) is 5.75 Å². The van der Waals surface area contributed by atoms with Crippen molar-refractivity contribution >= 4 is 27.3 Å². The van der Waals surface area contributed by atoms with E-state index < -0.39 is 6.10 Å². The number of rotatable bonds is 5. The second-order valence-corrected chi connectivity index (χ2v) is 7.46. The maximum absolute atomic E-state index is 13.1. The second kappa shape index (κ2) is 7.31. The standard InChI is InChI=1S/C24H21N3O3/c1-16-12-23-26(24(29)21-8-4-5-9-22(21)27(23)25-16)14-19(28)15-30-20-11-10-17-6-2-3-7-18(17)13-20/h2-13,19,28H,14-15H2,1H3. The van der Waals surface area contributed by atoms with E-state index in [4.69, 9.17) is 4.74 Å². The average molecular weight is 399 g/mol. The van der Waals surface area contributed by atoms with Crippen molar-refractivity contribution in [2.45, 2.75) is 19.6 Å². The lowest BCUT2D eigenvalue weighted by molar-refractivity contribution is 0.0926. The van der Waals surface area contributed by atoms with E-state index in [1.807, 2.05) is 73.7 Å². The van der Waals surface area contributed by atoms with E-state index in [1.165, 1.54) is 0 Å². The van der Waals surface area contributed by atoms with Gasteiger partial charge in [-0.2, -0.15) is 5.10 Å². The Balaban J connectivity index is 1.43. The molecule has 0 aliphatic carbocycles. The highest BCUT2D eigenvalue weighted by atomic mass is 16.5. The summed E-state index contributed by atoms with van der Waals surface area (Å²) >= 11 is 0. The summed E-state index contributed by atoms with van der Waals surface area (Å²) in [7, 11) is 0. The lowest BCUT2D eigenvalue weighted by atomic mass is 10.1. The van der Waals surface area contributed by atoms with Crippen LogP contribution < -0.4 is 10.3 Å². The first kappa shape index (κ1) is 18.4. The van der Waals surface area contributed by atoms with E-state index >= 15 is 0 Å². The van der Waals surface area contributed by atoms with Gasteiger partial charge in [-0.05, 0) is 42.0 Å². The molecule has 1 unspecified atom stereocenters. The normalized spacial score (nSPS) is 12.6. The highest BCUT2D eigenvalue weighted by Crippen LogP contribution is 2.21. The van der Waals surface area contributed by atoms with Crippen molar-refractivity contribution in [3.63, 3.8) is 0 Å². The smallest absolute Gasteiger partial charge is 0.261 e. The molecule has 2 aromatic heterocycles. The van der Waals surface area contributed by atoms with Crippen LogP contribution in [0.15, 0.2) is 77.6 Å². The molecule has 5 aromatic rings. The molecule has 30 heavy (non-hydrogen) atoms. The van der Waals surface area contributed by atoms with Crippen molar-refractivity contribution in [2.24, 2.45) is 0 Å². The Morgan fingerprint density at radius 3 is 2.63 bits per heavy atom. The van der Waals surface area contributed by atoms with Crippen LogP contribution in [-0.4, -0.2) is 32.0 Å². The fourth-order valence-electron chi connectivity index (χ4n) is 3.83. The topological polar surface area (TPSA) is 68.8 Å². The van der Waals surface area contributed by atoms with Gasteiger partial charge in [0.05, 0.1) is 23.1 Å². The van der Waals surface area contributed by atoms with Crippen LogP contribution in [0.3, 0.4) is 0 Å². The molecular formula is C24H21N3O3. The monoisotopic (exact) mass is 399 g/mol. The molecule has 6 heteroatoms. The zero-order valence-corrected chi connectivity index (χ0v) is 16.5. The molecule has 0 aliphatic rings. The Morgan fingerprint density at radius 2 is 1.77 bits per heavy atom. The lowest BCUT2D eigenvalue weighted by Gasteiger charge is -2.16. The molecule has 3 aromatic carbocycles. The van der Waals surface area contributed by atoms with Gasteiger partial charge >= 0.3 is 0 Å². The van der Waals surface area contributed by atoms with Crippen molar-refractivity contribution in [1.29, 1.82) is 0 Å². The Labute approximate surface area is 172 Å². The van der Waals surface area contributed by atoms with Gasteiger partial charge < -0.3 is 9.84 Å². The van der Waals surface area contributed by atoms with Crippen molar-refractivity contribution in [3.05, 3.63) is 88.8 Å². The van der Waals surface area contributed by atoms with Gasteiger partial charge in [-0.3, -0.25) is 9.36 Å². The van der Waals surface area contributed by atoms with E-state index in [0.29, 0.717) is 16.8 Å². The molecule has 1 atom stereocenters. The summed E-state index contributed by atoms with van der Waals surface area (Å²) in [6, 6.07) is 23.1. The molecule has 0 saturated heterocycles. The maximum atomic E-state index is 13.1. The molecule has 0 spiro atoms. The Hall–Kier alpha value is -3.64. The molecule has 0 fully saturated rings. The zero-order chi connectivity index (χ0) is 20.7. The molecule has 0 bridgehead atoms. The van der Waals surface area contributed by atoms with Gasteiger partial charge in [0.15, 0.2) is 0 Å². The summed E-state index contributed by atoms with van der Waals surface area (Å²) in [6.07, 6.45) is -0.852. The molecule has 0 radical (unpaired) electrons. The number of fused-ring (bicyclic) bond motifs is 4. The Kier molecular flexibility index (Phi) is 4.48. The van der Waals surface area contributed by atoms with Crippen LogP contribution in [0.25, 0.3) is 27.3 Å². The Bertz CT molecular complexity index is 1430. The predicted molar refractivity (Wildman–Crippen MR) is 117 cm³/mol. The van der Waals surface area contributed by atoms with Crippen LogP contribution in [0, 0.1) is 6.92 Å². The number of aliphatic hydroxyl groups is 1. The van der Waals surface area contributed by atoms with Gasteiger partial charge in [0, 0.05) is 6.07 Å². The molecule has 6 nitrogen and oxygen atoms in total. The van der Waals surface area contributed by atoms with E-state index in [9.17, 15) is 9.90 Å². The first-order chi connectivity index (χ1) is 14.6. The van der Waals surface area contributed by atoms with Crippen molar-refractivity contribution in [1.82, 2.24) is 14.2 Å². The summed E-state index contributed by atoms with van der Waals surface area (Å²) in [5.74, 6) is 0.684. The number of para-hydroxylation sites is 1. The van der Waals surface area contributed by atoms with Crippen molar-refractivity contribution < 1.29 is 9.84 Å². The molecule has 0 amide bonds. The van der Waals surface area contributed by atoms with Crippen LogP contribution in [0.2, 0.25) is 0 Å². The van der Waals surface area contributed by atoms with E-state index in [1.54, 1.807) is 15.1 Å². The van der Waals surface area contributed by atoms with Crippen LogP contribution in [-0.2, 0) is 6.54 Å². The summed E-state index contributed by atoms with van der Waals surface area (Å²) in [5.41, 5.74) is 2.06. The number of ether oxygens (including phenoxy) is 1. The van der Waals surface area contributed by atoms with Crippen molar-refractivity contribution in [3.8, 4) is 5.75 Å². The molecule has 0 saturated carbocycles. The largest absolute Gasteiger partial charge is 0.491 e. The number of aryl methyl sites for hydroxylation is 1. The zero-order valence-electron chi connectivity index (χ0n) is 16.5. The van der Waals surface area contributed by atoms with Crippen LogP contribution >= 0.6 is 0 Å². The molecule has 2 heterocycles. The molecule has 1 N–H and O–H groups in total. The number of benzene rings is 3. The molecule has 150 valence electrons. The number of aromatic nitrogens is 3. The third-order valence-electron chi connectivity index (χ3n) is 5.25. The third-order valence-corrected chi connectivity index (χ3v) is 5.25. The van der Waals surface area contributed by atoms with Gasteiger partial charge in [-0.15, -0.1) is 0 Å². The molecule has 5 rings (SSSR count). The first-order valence-corrected chi connectivity index (χ1v) is 9.88. The SMILES string of the molecule is Cc1cc2n(CC(O)COc3ccc4ccccc4c3)c(=O)c3ccccc3n2n1. The lowest BCUT2D eigenvalue weighted by Crippen LogP contribution is -2.31. The highest BCUT2D eigenvalue weighted by molar-refractivity contribution is 5.83.